The molecule has 3 heterocycles. The molecule has 2 N–H and O–H groups in total. The lowest BCUT2D eigenvalue weighted by Gasteiger charge is -2.21. The van der Waals surface area contributed by atoms with Crippen LogP contribution in [0.1, 0.15) is 6.92 Å². The van der Waals surface area contributed by atoms with Crippen molar-refractivity contribution in [3.8, 4) is 0 Å². The predicted molar refractivity (Wildman–Crippen MR) is 94.8 cm³/mol. The van der Waals surface area contributed by atoms with Crippen LogP contribution in [0.4, 0.5) is 0 Å². The Morgan fingerprint density at radius 2 is 1.62 bits per heavy atom. The molecular formula is C18H24N4O4. The fourth-order valence-electron chi connectivity index (χ4n) is 2.70. The van der Waals surface area contributed by atoms with Gasteiger partial charge in [-0.2, -0.15) is 0 Å². The van der Waals surface area contributed by atoms with E-state index in [4.69, 9.17) is 5.11 Å². The van der Waals surface area contributed by atoms with E-state index in [9.17, 15) is 14.4 Å². The van der Waals surface area contributed by atoms with E-state index < -0.39 is 0 Å². The first kappa shape index (κ1) is 18.2. The summed E-state index contributed by atoms with van der Waals surface area (Å²) in [4.78, 5) is 41.1. The standard InChI is InChI=1S/C12H13N3O2.C6H11NO2/c16-9-7-8(13-1-2-13)12(17)11(15-5-6-15)10(9)14-3-4-14;1-5(3-4-8)6(9)7-2/h7H,1-6H2;3,8H,4H2,1-2H3,(H,7,9)/b;5-3+. The van der Waals surface area contributed by atoms with Crippen molar-refractivity contribution in [3.05, 3.63) is 34.8 Å². The van der Waals surface area contributed by atoms with Crippen LogP contribution in [0.3, 0.4) is 0 Å². The normalized spacial score (nSPS) is 21.3. The van der Waals surface area contributed by atoms with Gasteiger partial charge >= 0.3 is 0 Å². The van der Waals surface area contributed by atoms with Gasteiger partial charge in [-0.3, -0.25) is 14.4 Å². The predicted octanol–water partition coefficient (Wildman–Crippen LogP) is -1.15. The Morgan fingerprint density at radius 1 is 1.08 bits per heavy atom. The molecule has 0 radical (unpaired) electrons. The summed E-state index contributed by atoms with van der Waals surface area (Å²) in [6.45, 7) is 6.97. The molecule has 0 unspecified atom stereocenters. The first-order chi connectivity index (χ1) is 12.5. The van der Waals surface area contributed by atoms with Crippen molar-refractivity contribution in [2.24, 2.45) is 0 Å². The lowest BCUT2D eigenvalue weighted by molar-refractivity contribution is -0.117. The molecule has 0 aromatic heterocycles. The van der Waals surface area contributed by atoms with Gasteiger partial charge in [0.2, 0.25) is 17.5 Å². The fourth-order valence-corrected chi connectivity index (χ4v) is 2.70. The molecular weight excluding hydrogens is 336 g/mol. The molecule has 0 spiro atoms. The van der Waals surface area contributed by atoms with E-state index in [2.05, 4.69) is 5.32 Å². The monoisotopic (exact) mass is 360 g/mol. The number of nitrogens with zero attached hydrogens (tertiary/aromatic N) is 3. The van der Waals surface area contributed by atoms with Gasteiger partial charge in [0, 0.05) is 58.0 Å². The van der Waals surface area contributed by atoms with Gasteiger partial charge in [0.15, 0.2) is 0 Å². The average molecular weight is 360 g/mol. The second kappa shape index (κ2) is 7.33. The highest BCUT2D eigenvalue weighted by Crippen LogP contribution is 2.33. The molecule has 8 heteroatoms. The third-order valence-corrected chi connectivity index (χ3v) is 4.47. The topological polar surface area (TPSA) is 92.5 Å². The summed E-state index contributed by atoms with van der Waals surface area (Å²) < 4.78 is 0. The summed E-state index contributed by atoms with van der Waals surface area (Å²) in [6, 6.07) is 0. The zero-order chi connectivity index (χ0) is 18.8. The third-order valence-electron chi connectivity index (χ3n) is 4.47. The number of amides is 1. The van der Waals surface area contributed by atoms with Crippen molar-refractivity contribution in [2.75, 3.05) is 52.9 Å². The number of rotatable bonds is 5. The average Bonchev–Trinajstić information content (AvgIpc) is 3.49. The van der Waals surface area contributed by atoms with E-state index in [1.165, 1.54) is 12.2 Å². The van der Waals surface area contributed by atoms with E-state index in [0.29, 0.717) is 22.7 Å². The summed E-state index contributed by atoms with van der Waals surface area (Å²) in [5.41, 5.74) is 2.43. The van der Waals surface area contributed by atoms with Crippen LogP contribution in [0.15, 0.2) is 34.8 Å². The number of allylic oxidation sites excluding steroid dienone is 1. The Kier molecular flexibility index (Phi) is 5.13. The molecule has 3 fully saturated rings. The van der Waals surface area contributed by atoms with E-state index in [1.54, 1.807) is 14.0 Å². The lowest BCUT2D eigenvalue weighted by Crippen LogP contribution is -2.29. The largest absolute Gasteiger partial charge is 0.392 e. The van der Waals surface area contributed by atoms with Crippen LogP contribution >= 0.6 is 0 Å². The van der Waals surface area contributed by atoms with Crippen molar-refractivity contribution in [3.63, 3.8) is 0 Å². The molecule has 0 saturated carbocycles. The molecule has 140 valence electrons. The highest BCUT2D eigenvalue weighted by atomic mass is 16.2. The van der Waals surface area contributed by atoms with E-state index in [0.717, 1.165) is 39.3 Å². The van der Waals surface area contributed by atoms with Gasteiger partial charge in [-0.1, -0.05) is 6.08 Å². The van der Waals surface area contributed by atoms with Gasteiger partial charge < -0.3 is 25.1 Å². The molecule has 0 aromatic rings. The number of aliphatic hydroxyl groups is 1. The molecule has 0 aromatic carbocycles. The van der Waals surface area contributed by atoms with Gasteiger partial charge in [0.1, 0.15) is 11.4 Å². The molecule has 1 aliphatic carbocycles. The third kappa shape index (κ3) is 3.96. The van der Waals surface area contributed by atoms with Crippen molar-refractivity contribution in [1.29, 1.82) is 0 Å². The van der Waals surface area contributed by atoms with Crippen LogP contribution in [-0.4, -0.2) is 90.2 Å². The Balaban J connectivity index is 0.000000188. The Hall–Kier alpha value is -2.61. The molecule has 26 heavy (non-hydrogen) atoms. The zero-order valence-electron chi connectivity index (χ0n) is 15.1. The van der Waals surface area contributed by atoms with Crippen molar-refractivity contribution < 1.29 is 19.5 Å². The number of ketones is 2. The Bertz CT molecular complexity index is 725. The molecule has 3 aliphatic heterocycles. The molecule has 0 bridgehead atoms. The minimum absolute atomic E-state index is 0.00546. The highest BCUT2D eigenvalue weighted by Gasteiger charge is 2.43. The SMILES string of the molecule is CNC(=O)/C(C)=C/CO.O=C1C=C(N2CC2)C(=O)C(N2CC2)=C1N1CC1. The minimum atomic E-state index is -0.149. The summed E-state index contributed by atoms with van der Waals surface area (Å²) >= 11 is 0. The second-order valence-corrected chi connectivity index (χ2v) is 6.53. The number of hydrogen-bond acceptors (Lipinski definition) is 7. The maximum Gasteiger partial charge on any atom is 0.246 e. The van der Waals surface area contributed by atoms with Crippen molar-refractivity contribution in [1.82, 2.24) is 20.0 Å². The molecule has 0 atom stereocenters. The van der Waals surface area contributed by atoms with Crippen LogP contribution in [0.25, 0.3) is 0 Å². The van der Waals surface area contributed by atoms with E-state index in [1.807, 2.05) is 14.7 Å². The number of carbonyl (C=O) groups is 3. The molecule has 3 saturated heterocycles. The maximum atomic E-state index is 12.4. The quantitative estimate of drug-likeness (QED) is 0.363. The highest BCUT2D eigenvalue weighted by molar-refractivity contribution is 6.22. The fraction of sp³-hybridized carbons (Fsp3) is 0.500. The molecule has 4 rings (SSSR count). The first-order valence-electron chi connectivity index (χ1n) is 8.77. The van der Waals surface area contributed by atoms with Crippen LogP contribution < -0.4 is 5.32 Å². The number of aliphatic hydroxyl groups excluding tert-OH is 1. The first-order valence-corrected chi connectivity index (χ1v) is 8.77. The number of hydrogen-bond donors (Lipinski definition) is 2. The summed E-state index contributed by atoms with van der Waals surface area (Å²) in [5.74, 6) is -0.101. The maximum absolute atomic E-state index is 12.4. The van der Waals surface area contributed by atoms with Gasteiger partial charge in [-0.15, -0.1) is 0 Å². The number of carbonyl (C=O) groups excluding carboxylic acids is 3. The summed E-state index contributed by atoms with van der Waals surface area (Å²) in [7, 11) is 1.55. The van der Waals surface area contributed by atoms with Gasteiger partial charge in [0.05, 0.1) is 12.3 Å². The van der Waals surface area contributed by atoms with Crippen molar-refractivity contribution in [2.45, 2.75) is 6.92 Å². The minimum Gasteiger partial charge on any atom is -0.392 e. The van der Waals surface area contributed by atoms with Gasteiger partial charge in [-0.05, 0) is 6.92 Å². The van der Waals surface area contributed by atoms with Gasteiger partial charge in [0.25, 0.3) is 0 Å². The number of Topliss-reactive ketones (excluding diaryl/α,β-unsaturated/α-hetero) is 1. The van der Waals surface area contributed by atoms with Crippen LogP contribution in [0, 0.1) is 0 Å². The lowest BCUT2D eigenvalue weighted by atomic mass is 10.0. The Labute approximate surface area is 152 Å². The van der Waals surface area contributed by atoms with Crippen LogP contribution in [0.2, 0.25) is 0 Å². The zero-order valence-corrected chi connectivity index (χ0v) is 15.1. The number of nitrogens with one attached hydrogen (secondary N) is 1. The molecule has 4 aliphatic rings. The smallest absolute Gasteiger partial charge is 0.246 e. The summed E-state index contributed by atoms with van der Waals surface area (Å²) in [5, 5.41) is 10.8. The summed E-state index contributed by atoms with van der Waals surface area (Å²) in [6.07, 6.45) is 2.98. The van der Waals surface area contributed by atoms with Crippen molar-refractivity contribution >= 4 is 17.5 Å². The Morgan fingerprint density at radius 3 is 2.08 bits per heavy atom. The second-order valence-electron chi connectivity index (χ2n) is 6.53. The van der Waals surface area contributed by atoms with Gasteiger partial charge in [-0.25, -0.2) is 0 Å². The molecule has 1 amide bonds. The number of likely N-dealkylation sites (N-methyl/N-ethyl adjacent to an activating group) is 1. The van der Waals surface area contributed by atoms with Crippen LogP contribution in [0.5, 0.6) is 0 Å². The van der Waals surface area contributed by atoms with E-state index >= 15 is 0 Å². The van der Waals surface area contributed by atoms with Crippen LogP contribution in [-0.2, 0) is 14.4 Å². The van der Waals surface area contributed by atoms with E-state index in [-0.39, 0.29) is 24.1 Å². The molecule has 8 nitrogen and oxygen atoms in total.